The Kier molecular flexibility index (Phi) is 419. The summed E-state index contributed by atoms with van der Waals surface area (Å²) in [4.78, 5) is 0. The minimum Gasteiger partial charge on any atom is -0.512 e. The Morgan fingerprint density at radius 3 is 0.571 bits per heavy atom. The van der Waals surface area contributed by atoms with Crippen molar-refractivity contribution in [1.29, 1.82) is 15.8 Å². The largest absolute Gasteiger partial charge is 0.512 e. The molecule has 4 heteroatoms. The molecule has 1 radical (unpaired) electrons. The van der Waals surface area contributed by atoms with Crippen molar-refractivity contribution >= 4 is 0 Å². The molecule has 0 fully saturated rings. The van der Waals surface area contributed by atoms with Gasteiger partial charge in [0.2, 0.25) is 0 Å². The van der Waals surface area contributed by atoms with E-state index in [1.807, 2.05) is 0 Å². The first kappa shape index (κ1) is 37.7. The van der Waals surface area contributed by atoms with Gasteiger partial charge in [-0.2, -0.15) is 0 Å². The van der Waals surface area contributed by atoms with Crippen LogP contribution in [0.25, 0.3) is 0 Å². The minimum atomic E-state index is 0. The van der Waals surface area contributed by atoms with Crippen molar-refractivity contribution in [2.75, 3.05) is 0 Å². The Bertz CT molecular complexity index is 38.7. The van der Waals surface area contributed by atoms with Crippen LogP contribution in [0.3, 0.4) is 0 Å². The molecule has 7 heavy (non-hydrogen) atoms. The van der Waals surface area contributed by atoms with E-state index < -0.39 is 0 Å². The molecule has 0 atom stereocenters. The predicted molar refractivity (Wildman–Crippen MR) is 14.9 cm³/mol. The van der Waals surface area contributed by atoms with Crippen molar-refractivity contribution in [3.8, 4) is 0 Å². The van der Waals surface area contributed by atoms with Gasteiger partial charge in [-0.1, -0.05) is 0 Å². The van der Waals surface area contributed by atoms with E-state index >= 15 is 0 Å². The number of nitrogens with zero attached hydrogens (tertiary/aromatic N) is 3. The van der Waals surface area contributed by atoms with Crippen molar-refractivity contribution in [3.05, 3.63) is 19.7 Å². The zero-order valence-corrected chi connectivity index (χ0v) is 4.08. The third-order valence-corrected chi connectivity index (χ3v) is 0. The summed E-state index contributed by atoms with van der Waals surface area (Å²) in [5.41, 5.74) is 0. The second kappa shape index (κ2) is 77.8. The normalized spacial score (nSPS) is 0.857. The molecular formula is C3CuN3-3. The molecule has 0 aliphatic rings. The molecule has 0 bridgehead atoms. The van der Waals surface area contributed by atoms with Gasteiger partial charge in [-0.3, -0.25) is 0 Å². The molecule has 41 valence electrons. The maximum Gasteiger partial charge on any atom is 0 e. The molecule has 0 saturated carbocycles. The summed E-state index contributed by atoms with van der Waals surface area (Å²) >= 11 is 0. The Labute approximate surface area is 53.3 Å². The van der Waals surface area contributed by atoms with Crippen LogP contribution in [0.1, 0.15) is 0 Å². The van der Waals surface area contributed by atoms with Crippen molar-refractivity contribution in [3.63, 3.8) is 0 Å². The van der Waals surface area contributed by atoms with Crippen molar-refractivity contribution in [2.45, 2.75) is 0 Å². The van der Waals surface area contributed by atoms with Gasteiger partial charge in [-0.05, 0) is 0 Å². The van der Waals surface area contributed by atoms with E-state index in [1.165, 1.54) is 0 Å². The fraction of sp³-hybridized carbons (Fsp3) is 0. The van der Waals surface area contributed by atoms with Crippen molar-refractivity contribution in [1.82, 2.24) is 0 Å². The van der Waals surface area contributed by atoms with Crippen LogP contribution in [0.15, 0.2) is 0 Å². The van der Waals surface area contributed by atoms with E-state index in [0.29, 0.717) is 0 Å². The summed E-state index contributed by atoms with van der Waals surface area (Å²) in [7, 11) is 0. The molecule has 0 aromatic carbocycles. The van der Waals surface area contributed by atoms with Crippen molar-refractivity contribution in [2.24, 2.45) is 0 Å². The van der Waals surface area contributed by atoms with E-state index in [2.05, 4.69) is 0 Å². The summed E-state index contributed by atoms with van der Waals surface area (Å²) < 4.78 is 0. The fourth-order valence-electron chi connectivity index (χ4n) is 0. The van der Waals surface area contributed by atoms with E-state index in [-0.39, 0.29) is 17.1 Å². The van der Waals surface area contributed by atoms with Crippen LogP contribution in [0.4, 0.5) is 0 Å². The molecule has 0 aromatic heterocycles. The fourth-order valence-corrected chi connectivity index (χ4v) is 0. The summed E-state index contributed by atoms with van der Waals surface area (Å²) in [5, 5.41) is 18.8. The maximum atomic E-state index is 6.25. The number of hydrogen-bond donors (Lipinski definition) is 0. The molecule has 0 heterocycles. The van der Waals surface area contributed by atoms with Crippen LogP contribution in [0.5, 0.6) is 0 Å². The monoisotopic (exact) mass is 141 g/mol. The van der Waals surface area contributed by atoms with Gasteiger partial charge in [0.15, 0.2) is 0 Å². The standard InChI is InChI=1S/3CN.Cu/c3*1-2;/q3*-1;. The van der Waals surface area contributed by atoms with E-state index in [1.54, 1.807) is 0 Å². The third kappa shape index (κ3) is 43.7. The SMILES string of the molecule is [C-]#N.[C-]#N.[C-]#N.[Cu]. The second-order valence-corrected chi connectivity index (χ2v) is 0. The molecule has 0 amide bonds. The molecule has 0 N–H and O–H groups in total. The Hall–Kier alpha value is -1.01. The predicted octanol–water partition coefficient (Wildman–Crippen LogP) is 0.287. The first-order valence-electron chi connectivity index (χ1n) is 0.671. The zero-order chi connectivity index (χ0) is 6.00. The van der Waals surface area contributed by atoms with E-state index in [4.69, 9.17) is 35.5 Å². The third-order valence-electron chi connectivity index (χ3n) is 0. The first-order chi connectivity index (χ1) is 3.00. The molecule has 0 rings (SSSR count). The Morgan fingerprint density at radius 2 is 0.571 bits per heavy atom. The Morgan fingerprint density at radius 1 is 0.571 bits per heavy atom. The molecule has 0 saturated heterocycles. The van der Waals surface area contributed by atoms with Gasteiger partial charge in [0, 0.05) is 17.1 Å². The minimum absolute atomic E-state index is 0. The Balaban J connectivity index is -0.00000000900. The molecular weight excluding hydrogens is 142 g/mol. The van der Waals surface area contributed by atoms with E-state index in [9.17, 15) is 0 Å². The van der Waals surface area contributed by atoms with Gasteiger partial charge >= 0.3 is 0 Å². The number of hydrogen-bond acceptors (Lipinski definition) is 3. The maximum absolute atomic E-state index is 6.25. The number of rotatable bonds is 0. The van der Waals surface area contributed by atoms with Crippen LogP contribution < -0.4 is 0 Å². The van der Waals surface area contributed by atoms with Crippen LogP contribution in [-0.2, 0) is 17.1 Å². The van der Waals surface area contributed by atoms with Gasteiger partial charge in [0.05, 0.1) is 0 Å². The molecule has 0 aliphatic carbocycles. The summed E-state index contributed by atoms with van der Waals surface area (Å²) in [6.45, 7) is 14.2. The van der Waals surface area contributed by atoms with Gasteiger partial charge in [-0.15, -0.1) is 0 Å². The van der Waals surface area contributed by atoms with Crippen LogP contribution in [0, 0.1) is 35.5 Å². The van der Waals surface area contributed by atoms with Crippen LogP contribution in [-0.4, -0.2) is 0 Å². The smallest absolute Gasteiger partial charge is 0 e. The molecule has 0 aliphatic heterocycles. The average molecular weight is 142 g/mol. The van der Waals surface area contributed by atoms with E-state index in [0.717, 1.165) is 0 Å². The van der Waals surface area contributed by atoms with Crippen LogP contribution in [0.2, 0.25) is 0 Å². The van der Waals surface area contributed by atoms with Crippen LogP contribution >= 0.6 is 0 Å². The average Bonchev–Trinajstić information content (AvgIpc) is 1.81. The zero-order valence-electron chi connectivity index (χ0n) is 3.14. The molecule has 0 unspecified atom stereocenters. The van der Waals surface area contributed by atoms with Gasteiger partial charge < -0.3 is 35.5 Å². The van der Waals surface area contributed by atoms with Crippen molar-refractivity contribution < 1.29 is 17.1 Å². The summed E-state index contributed by atoms with van der Waals surface area (Å²) in [6, 6.07) is 0. The van der Waals surface area contributed by atoms with Gasteiger partial charge in [0.25, 0.3) is 0 Å². The van der Waals surface area contributed by atoms with Gasteiger partial charge in [-0.25, -0.2) is 0 Å². The quantitative estimate of drug-likeness (QED) is 0.360. The molecule has 0 aromatic rings. The second-order valence-electron chi connectivity index (χ2n) is 0. The van der Waals surface area contributed by atoms with Gasteiger partial charge in [0.1, 0.15) is 0 Å². The molecule has 3 nitrogen and oxygen atoms in total. The summed E-state index contributed by atoms with van der Waals surface area (Å²) in [5.74, 6) is 0. The first-order valence-corrected chi connectivity index (χ1v) is 0.671. The molecule has 0 spiro atoms. The topological polar surface area (TPSA) is 71.4 Å². The summed E-state index contributed by atoms with van der Waals surface area (Å²) in [6.07, 6.45) is 0.